The van der Waals surface area contributed by atoms with Crippen molar-refractivity contribution in [2.24, 2.45) is 0 Å². The Hall–Kier alpha value is -2.24. The zero-order valence-electron chi connectivity index (χ0n) is 11.9. The molecule has 1 atom stereocenters. The van der Waals surface area contributed by atoms with Crippen molar-refractivity contribution < 1.29 is 24.2 Å². The SMILES string of the molecule is CCOc1ccccc1OCC(=O)N1CCC[C@@H]1C(=O)O. The number of carboxylic acid groups (broad SMARTS) is 1. The lowest BCUT2D eigenvalue weighted by atomic mass is 10.2. The molecule has 21 heavy (non-hydrogen) atoms. The fraction of sp³-hybridized carbons (Fsp3) is 0.467. The van der Waals surface area contributed by atoms with Crippen LogP contribution in [-0.4, -0.2) is 47.7 Å². The van der Waals surface area contributed by atoms with E-state index in [9.17, 15) is 9.59 Å². The monoisotopic (exact) mass is 293 g/mol. The third-order valence-electron chi connectivity index (χ3n) is 3.36. The Bertz CT molecular complexity index is 517. The lowest BCUT2D eigenvalue weighted by Gasteiger charge is -2.21. The zero-order valence-corrected chi connectivity index (χ0v) is 11.9. The van der Waals surface area contributed by atoms with E-state index in [1.807, 2.05) is 13.0 Å². The minimum Gasteiger partial charge on any atom is -0.490 e. The van der Waals surface area contributed by atoms with Gasteiger partial charge in [0, 0.05) is 6.54 Å². The fourth-order valence-corrected chi connectivity index (χ4v) is 2.39. The number of carboxylic acids is 1. The number of para-hydroxylation sites is 2. The maximum atomic E-state index is 12.1. The van der Waals surface area contributed by atoms with Crippen LogP contribution < -0.4 is 9.47 Å². The zero-order chi connectivity index (χ0) is 15.2. The van der Waals surface area contributed by atoms with Gasteiger partial charge in [0.15, 0.2) is 18.1 Å². The Kier molecular flexibility index (Phi) is 5.03. The first-order valence-corrected chi connectivity index (χ1v) is 7.00. The molecule has 6 heteroatoms. The minimum atomic E-state index is -0.962. The van der Waals surface area contributed by atoms with Crippen LogP contribution in [-0.2, 0) is 9.59 Å². The van der Waals surface area contributed by atoms with Gasteiger partial charge in [0.25, 0.3) is 5.91 Å². The molecule has 1 aliphatic heterocycles. The first kappa shape index (κ1) is 15.2. The normalized spacial score (nSPS) is 17.6. The summed E-state index contributed by atoms with van der Waals surface area (Å²) in [5.41, 5.74) is 0. The van der Waals surface area contributed by atoms with Crippen LogP contribution in [0, 0.1) is 0 Å². The van der Waals surface area contributed by atoms with Gasteiger partial charge in [-0.3, -0.25) is 4.79 Å². The van der Waals surface area contributed by atoms with E-state index in [0.29, 0.717) is 37.5 Å². The number of aliphatic carboxylic acids is 1. The van der Waals surface area contributed by atoms with Crippen LogP contribution in [0.3, 0.4) is 0 Å². The Labute approximate surface area is 123 Å². The summed E-state index contributed by atoms with van der Waals surface area (Å²) < 4.78 is 10.9. The highest BCUT2D eigenvalue weighted by Gasteiger charge is 2.34. The molecule has 0 unspecified atom stereocenters. The van der Waals surface area contributed by atoms with Gasteiger partial charge in [-0.2, -0.15) is 0 Å². The maximum Gasteiger partial charge on any atom is 0.326 e. The molecule has 6 nitrogen and oxygen atoms in total. The van der Waals surface area contributed by atoms with E-state index in [2.05, 4.69) is 0 Å². The summed E-state index contributed by atoms with van der Waals surface area (Å²) in [5, 5.41) is 9.08. The van der Waals surface area contributed by atoms with Crippen LogP contribution >= 0.6 is 0 Å². The van der Waals surface area contributed by atoms with Crippen molar-refractivity contribution in [3.8, 4) is 11.5 Å². The smallest absolute Gasteiger partial charge is 0.326 e. The number of amides is 1. The Morgan fingerprint density at radius 3 is 2.57 bits per heavy atom. The van der Waals surface area contributed by atoms with Crippen molar-refractivity contribution in [1.82, 2.24) is 4.90 Å². The highest BCUT2D eigenvalue weighted by Crippen LogP contribution is 2.26. The molecule has 1 N–H and O–H groups in total. The van der Waals surface area contributed by atoms with E-state index < -0.39 is 12.0 Å². The number of hydrogen-bond acceptors (Lipinski definition) is 4. The number of rotatable bonds is 6. The van der Waals surface area contributed by atoms with Gasteiger partial charge in [0.05, 0.1) is 6.61 Å². The molecule has 0 aromatic heterocycles. The molecule has 0 radical (unpaired) electrons. The highest BCUT2D eigenvalue weighted by atomic mass is 16.5. The Balaban J connectivity index is 1.96. The molecular formula is C15H19NO5. The Morgan fingerprint density at radius 2 is 1.95 bits per heavy atom. The standard InChI is InChI=1S/C15H19NO5/c1-2-20-12-7-3-4-8-13(12)21-10-14(17)16-9-5-6-11(16)15(18)19/h3-4,7-8,11H,2,5-6,9-10H2,1H3,(H,18,19)/t11-/m1/s1. The van der Waals surface area contributed by atoms with Crippen LogP contribution in [0.5, 0.6) is 11.5 Å². The fourth-order valence-electron chi connectivity index (χ4n) is 2.39. The van der Waals surface area contributed by atoms with Crippen molar-refractivity contribution in [3.05, 3.63) is 24.3 Å². The summed E-state index contributed by atoms with van der Waals surface area (Å²) in [4.78, 5) is 24.5. The van der Waals surface area contributed by atoms with Gasteiger partial charge in [-0.25, -0.2) is 4.79 Å². The van der Waals surface area contributed by atoms with Crippen molar-refractivity contribution >= 4 is 11.9 Å². The van der Waals surface area contributed by atoms with Crippen LogP contribution in [0.25, 0.3) is 0 Å². The van der Waals surface area contributed by atoms with Gasteiger partial charge < -0.3 is 19.5 Å². The van der Waals surface area contributed by atoms with E-state index in [-0.39, 0.29) is 12.5 Å². The van der Waals surface area contributed by atoms with Crippen molar-refractivity contribution in [3.63, 3.8) is 0 Å². The van der Waals surface area contributed by atoms with Gasteiger partial charge in [-0.15, -0.1) is 0 Å². The molecule has 0 aliphatic carbocycles. The predicted octanol–water partition coefficient (Wildman–Crippen LogP) is 1.54. The second kappa shape index (κ2) is 6.97. The van der Waals surface area contributed by atoms with Gasteiger partial charge >= 0.3 is 5.97 Å². The number of ether oxygens (including phenoxy) is 2. The second-order valence-corrected chi connectivity index (χ2v) is 4.75. The van der Waals surface area contributed by atoms with Gasteiger partial charge in [-0.05, 0) is 31.9 Å². The molecular weight excluding hydrogens is 274 g/mol. The summed E-state index contributed by atoms with van der Waals surface area (Å²) in [6.45, 7) is 2.64. The molecule has 1 heterocycles. The lowest BCUT2D eigenvalue weighted by molar-refractivity contribution is -0.149. The first-order valence-electron chi connectivity index (χ1n) is 7.00. The van der Waals surface area contributed by atoms with E-state index in [4.69, 9.17) is 14.6 Å². The van der Waals surface area contributed by atoms with Gasteiger partial charge in [-0.1, -0.05) is 12.1 Å². The average molecular weight is 293 g/mol. The summed E-state index contributed by atoms with van der Waals surface area (Å²) in [6.07, 6.45) is 1.20. The van der Waals surface area contributed by atoms with E-state index in [0.717, 1.165) is 0 Å². The van der Waals surface area contributed by atoms with Gasteiger partial charge in [0.1, 0.15) is 6.04 Å². The van der Waals surface area contributed by atoms with Crippen molar-refractivity contribution in [2.45, 2.75) is 25.8 Å². The quantitative estimate of drug-likeness (QED) is 0.861. The summed E-state index contributed by atoms with van der Waals surface area (Å²) >= 11 is 0. The second-order valence-electron chi connectivity index (χ2n) is 4.75. The summed E-state index contributed by atoms with van der Waals surface area (Å²) in [7, 11) is 0. The maximum absolute atomic E-state index is 12.1. The molecule has 1 aromatic carbocycles. The van der Waals surface area contributed by atoms with Crippen molar-refractivity contribution in [2.75, 3.05) is 19.8 Å². The van der Waals surface area contributed by atoms with Crippen LogP contribution in [0.1, 0.15) is 19.8 Å². The number of nitrogens with zero attached hydrogens (tertiary/aromatic N) is 1. The first-order chi connectivity index (χ1) is 10.1. The molecule has 1 amide bonds. The molecule has 1 aliphatic rings. The summed E-state index contributed by atoms with van der Waals surface area (Å²) in [6, 6.07) is 6.36. The minimum absolute atomic E-state index is 0.187. The molecule has 114 valence electrons. The molecule has 0 saturated carbocycles. The van der Waals surface area contributed by atoms with Crippen LogP contribution in [0.4, 0.5) is 0 Å². The molecule has 2 rings (SSSR count). The average Bonchev–Trinajstić information content (AvgIpc) is 2.96. The molecule has 1 fully saturated rings. The topological polar surface area (TPSA) is 76.1 Å². The van der Waals surface area contributed by atoms with Crippen molar-refractivity contribution in [1.29, 1.82) is 0 Å². The summed E-state index contributed by atoms with van der Waals surface area (Å²) in [5.74, 6) is -0.218. The number of carbonyl (C=O) groups excluding carboxylic acids is 1. The number of carbonyl (C=O) groups is 2. The highest BCUT2D eigenvalue weighted by molar-refractivity contribution is 5.85. The third-order valence-corrected chi connectivity index (χ3v) is 3.36. The van der Waals surface area contributed by atoms with E-state index in [1.165, 1.54) is 4.90 Å². The van der Waals surface area contributed by atoms with E-state index >= 15 is 0 Å². The number of likely N-dealkylation sites (tertiary alicyclic amines) is 1. The molecule has 1 saturated heterocycles. The molecule has 0 spiro atoms. The Morgan fingerprint density at radius 1 is 1.29 bits per heavy atom. The van der Waals surface area contributed by atoms with Gasteiger partial charge in [0.2, 0.25) is 0 Å². The van der Waals surface area contributed by atoms with Crippen LogP contribution in [0.2, 0.25) is 0 Å². The lowest BCUT2D eigenvalue weighted by Crippen LogP contribution is -2.42. The molecule has 0 bridgehead atoms. The largest absolute Gasteiger partial charge is 0.490 e. The number of benzene rings is 1. The third kappa shape index (κ3) is 3.65. The molecule has 1 aromatic rings. The number of hydrogen-bond donors (Lipinski definition) is 1. The van der Waals surface area contributed by atoms with E-state index in [1.54, 1.807) is 18.2 Å². The van der Waals surface area contributed by atoms with Crippen LogP contribution in [0.15, 0.2) is 24.3 Å². The predicted molar refractivity (Wildman–Crippen MR) is 75.5 cm³/mol.